The highest BCUT2D eigenvalue weighted by atomic mass is 16.5. The Kier molecular flexibility index (Phi) is 6.87. The predicted molar refractivity (Wildman–Crippen MR) is 108 cm³/mol. The lowest BCUT2D eigenvalue weighted by molar-refractivity contribution is -0.144. The molecular weight excluding hydrogens is 368 g/mol. The molecule has 2 rings (SSSR count). The van der Waals surface area contributed by atoms with Crippen LogP contribution in [0.4, 0.5) is 0 Å². The van der Waals surface area contributed by atoms with Crippen LogP contribution in [0.1, 0.15) is 50.6 Å². The third kappa shape index (κ3) is 5.48. The van der Waals surface area contributed by atoms with E-state index in [0.29, 0.717) is 5.92 Å². The van der Waals surface area contributed by atoms with Gasteiger partial charge in [-0.05, 0) is 63.2 Å². The summed E-state index contributed by atoms with van der Waals surface area (Å²) in [5, 5.41) is 21.3. The van der Waals surface area contributed by atoms with Crippen molar-refractivity contribution in [3.8, 4) is 12.1 Å². The summed E-state index contributed by atoms with van der Waals surface area (Å²) in [6, 6.07) is 5.89. The molecule has 1 atom stereocenters. The Morgan fingerprint density at radius 1 is 1.38 bits per heavy atom. The third-order valence-electron chi connectivity index (χ3n) is 5.16. The van der Waals surface area contributed by atoms with Crippen LogP contribution in [0.3, 0.4) is 0 Å². The van der Waals surface area contributed by atoms with E-state index in [0.717, 1.165) is 36.3 Å². The molecule has 1 saturated carbocycles. The number of nitrogens with zero attached hydrogens (tertiary/aromatic N) is 3. The molecule has 7 nitrogen and oxygen atoms in total. The minimum Gasteiger partial charge on any atom is -0.451 e. The molecule has 0 aliphatic heterocycles. The first-order valence-electron chi connectivity index (χ1n) is 9.79. The maximum absolute atomic E-state index is 12.3. The number of hydrogen-bond donors (Lipinski definition) is 1. The van der Waals surface area contributed by atoms with Crippen LogP contribution >= 0.6 is 0 Å². The quantitative estimate of drug-likeness (QED) is 0.413. The Morgan fingerprint density at radius 3 is 2.55 bits per heavy atom. The van der Waals surface area contributed by atoms with Crippen LogP contribution in [0.25, 0.3) is 6.08 Å². The average Bonchev–Trinajstić information content (AvgIpc) is 3.48. The summed E-state index contributed by atoms with van der Waals surface area (Å²) in [7, 11) is 0. The zero-order valence-electron chi connectivity index (χ0n) is 17.7. The number of amides is 1. The first-order chi connectivity index (χ1) is 13.6. The molecule has 0 unspecified atom stereocenters. The van der Waals surface area contributed by atoms with Gasteiger partial charge in [0.1, 0.15) is 17.2 Å². The summed E-state index contributed by atoms with van der Waals surface area (Å²) in [5.74, 6) is -0.823. The van der Waals surface area contributed by atoms with Crippen molar-refractivity contribution in [3.05, 3.63) is 28.6 Å². The van der Waals surface area contributed by atoms with Gasteiger partial charge in [-0.2, -0.15) is 10.5 Å². The number of nitriles is 2. The first-order valence-corrected chi connectivity index (χ1v) is 9.79. The highest BCUT2D eigenvalue weighted by Crippen LogP contribution is 2.39. The molecule has 0 radical (unpaired) electrons. The fourth-order valence-electron chi connectivity index (χ4n) is 3.33. The second-order valence-corrected chi connectivity index (χ2v) is 8.21. The van der Waals surface area contributed by atoms with Gasteiger partial charge in [-0.15, -0.1) is 0 Å². The number of carbonyl (C=O) groups is 2. The molecule has 1 heterocycles. The van der Waals surface area contributed by atoms with Gasteiger partial charge in [0.05, 0.1) is 6.07 Å². The standard InChI is InChI=1S/C22H28N4O3/c1-14(2)11-26-15(3)8-17(16(26)4)9-18(10-23)21(28)29-12-20(27)25-22(5,13-24)19-6-7-19/h8-9,14,19H,6-7,11-12H2,1-5H3,(H,25,27)/b18-9+/t22-/m0/s1. The van der Waals surface area contributed by atoms with Crippen LogP contribution in [-0.2, 0) is 20.9 Å². The van der Waals surface area contributed by atoms with Crippen molar-refractivity contribution < 1.29 is 14.3 Å². The summed E-state index contributed by atoms with van der Waals surface area (Å²) < 4.78 is 7.15. The van der Waals surface area contributed by atoms with Gasteiger partial charge in [-0.1, -0.05) is 13.8 Å². The van der Waals surface area contributed by atoms with Crippen LogP contribution in [0.2, 0.25) is 0 Å². The van der Waals surface area contributed by atoms with E-state index in [1.165, 1.54) is 6.08 Å². The minimum absolute atomic E-state index is 0.128. The van der Waals surface area contributed by atoms with Crippen molar-refractivity contribution in [1.29, 1.82) is 10.5 Å². The smallest absolute Gasteiger partial charge is 0.349 e. The second kappa shape index (κ2) is 8.96. The van der Waals surface area contributed by atoms with E-state index in [2.05, 4.69) is 29.8 Å². The summed E-state index contributed by atoms with van der Waals surface area (Å²) >= 11 is 0. The summed E-state index contributed by atoms with van der Waals surface area (Å²) in [4.78, 5) is 24.4. The topological polar surface area (TPSA) is 108 Å². The largest absolute Gasteiger partial charge is 0.451 e. The molecule has 1 N–H and O–H groups in total. The zero-order chi connectivity index (χ0) is 21.8. The van der Waals surface area contributed by atoms with E-state index in [4.69, 9.17) is 4.74 Å². The molecule has 1 fully saturated rings. The lowest BCUT2D eigenvalue weighted by atomic mass is 9.98. The number of rotatable bonds is 8. The lowest BCUT2D eigenvalue weighted by Crippen LogP contribution is -2.48. The maximum Gasteiger partial charge on any atom is 0.349 e. The molecule has 1 aliphatic carbocycles. The van der Waals surface area contributed by atoms with Crippen LogP contribution < -0.4 is 5.32 Å². The van der Waals surface area contributed by atoms with Gasteiger partial charge in [0, 0.05) is 17.9 Å². The number of carbonyl (C=O) groups excluding carboxylic acids is 2. The summed E-state index contributed by atoms with van der Waals surface area (Å²) in [5.41, 5.74) is 1.65. The van der Waals surface area contributed by atoms with E-state index >= 15 is 0 Å². The van der Waals surface area contributed by atoms with Gasteiger partial charge >= 0.3 is 5.97 Å². The van der Waals surface area contributed by atoms with Gasteiger partial charge in [0.15, 0.2) is 6.61 Å². The van der Waals surface area contributed by atoms with Gasteiger partial charge in [0.2, 0.25) is 0 Å². The van der Waals surface area contributed by atoms with Crippen molar-refractivity contribution >= 4 is 18.0 Å². The minimum atomic E-state index is -0.953. The molecule has 7 heteroatoms. The Hall–Kier alpha value is -3.06. The molecule has 154 valence electrons. The van der Waals surface area contributed by atoms with Crippen LogP contribution in [-0.4, -0.2) is 28.6 Å². The first kappa shape index (κ1) is 22.2. The highest BCUT2D eigenvalue weighted by Gasteiger charge is 2.43. The molecule has 1 aromatic heterocycles. The van der Waals surface area contributed by atoms with Gasteiger partial charge in [-0.3, -0.25) is 4.79 Å². The van der Waals surface area contributed by atoms with Crippen molar-refractivity contribution in [2.45, 2.75) is 59.5 Å². The fraction of sp³-hybridized carbons (Fsp3) is 0.545. The Bertz CT molecular complexity index is 910. The Labute approximate surface area is 171 Å². The molecule has 0 bridgehead atoms. The molecule has 1 amide bonds. The Balaban J connectivity index is 2.05. The van der Waals surface area contributed by atoms with Crippen molar-refractivity contribution in [1.82, 2.24) is 9.88 Å². The van der Waals surface area contributed by atoms with Crippen LogP contribution in [0.15, 0.2) is 11.6 Å². The van der Waals surface area contributed by atoms with Crippen LogP contribution in [0.5, 0.6) is 0 Å². The zero-order valence-corrected chi connectivity index (χ0v) is 17.7. The molecule has 0 saturated heterocycles. The monoisotopic (exact) mass is 396 g/mol. The molecule has 1 aliphatic rings. The number of ether oxygens (including phenoxy) is 1. The maximum atomic E-state index is 12.3. The Morgan fingerprint density at radius 2 is 2.03 bits per heavy atom. The second-order valence-electron chi connectivity index (χ2n) is 8.21. The average molecular weight is 396 g/mol. The van der Waals surface area contributed by atoms with E-state index in [1.54, 1.807) is 6.92 Å². The SMILES string of the molecule is Cc1cc(/C=C(\C#N)C(=O)OCC(=O)N[C@@](C)(C#N)C2CC2)c(C)n1CC(C)C. The molecule has 0 aromatic carbocycles. The van der Waals surface area contributed by atoms with Crippen LogP contribution in [0, 0.1) is 48.3 Å². The van der Waals surface area contributed by atoms with Crippen molar-refractivity contribution in [3.63, 3.8) is 0 Å². The predicted octanol–water partition coefficient (Wildman–Crippen LogP) is 3.02. The number of esters is 1. The fourth-order valence-corrected chi connectivity index (χ4v) is 3.33. The van der Waals surface area contributed by atoms with E-state index in [-0.39, 0.29) is 11.5 Å². The number of hydrogen-bond acceptors (Lipinski definition) is 5. The molecule has 0 spiro atoms. The van der Waals surface area contributed by atoms with E-state index in [1.807, 2.05) is 26.0 Å². The summed E-state index contributed by atoms with van der Waals surface area (Å²) in [6.07, 6.45) is 3.27. The lowest BCUT2D eigenvalue weighted by Gasteiger charge is -2.22. The molecule has 29 heavy (non-hydrogen) atoms. The normalized spacial score (nSPS) is 15.9. The number of aryl methyl sites for hydroxylation is 1. The van der Waals surface area contributed by atoms with Crippen molar-refractivity contribution in [2.24, 2.45) is 11.8 Å². The number of nitrogens with one attached hydrogen (secondary N) is 1. The van der Waals surface area contributed by atoms with Crippen molar-refractivity contribution in [2.75, 3.05) is 6.61 Å². The molecular formula is C22H28N4O3. The third-order valence-corrected chi connectivity index (χ3v) is 5.16. The van der Waals surface area contributed by atoms with E-state index < -0.39 is 24.0 Å². The van der Waals surface area contributed by atoms with E-state index in [9.17, 15) is 20.1 Å². The highest BCUT2D eigenvalue weighted by molar-refractivity contribution is 5.99. The molecule has 1 aromatic rings. The number of aromatic nitrogens is 1. The van der Waals surface area contributed by atoms with Gasteiger partial charge in [0.25, 0.3) is 5.91 Å². The van der Waals surface area contributed by atoms with Gasteiger partial charge in [-0.25, -0.2) is 4.79 Å². The summed E-state index contributed by atoms with van der Waals surface area (Å²) in [6.45, 7) is 10.1. The van der Waals surface area contributed by atoms with Gasteiger partial charge < -0.3 is 14.6 Å².